The van der Waals surface area contributed by atoms with E-state index in [2.05, 4.69) is 17.4 Å². The lowest BCUT2D eigenvalue weighted by Gasteiger charge is -2.19. The van der Waals surface area contributed by atoms with Crippen molar-refractivity contribution < 1.29 is 0 Å². The molecule has 18 heavy (non-hydrogen) atoms. The average Bonchev–Trinajstić information content (AvgIpc) is 3.01. The quantitative estimate of drug-likeness (QED) is 0.624. The van der Waals surface area contributed by atoms with Crippen molar-refractivity contribution in [1.82, 2.24) is 15.2 Å². The number of nitrogens with zero attached hydrogens (tertiary/aromatic N) is 2. The van der Waals surface area contributed by atoms with E-state index in [0.717, 1.165) is 23.2 Å². The van der Waals surface area contributed by atoms with Crippen LogP contribution in [0.2, 0.25) is 5.02 Å². The molecule has 0 aliphatic heterocycles. The summed E-state index contributed by atoms with van der Waals surface area (Å²) in [7, 11) is 0. The highest BCUT2D eigenvalue weighted by atomic mass is 35.5. The van der Waals surface area contributed by atoms with Crippen LogP contribution < -0.4 is 11.3 Å². The molecule has 0 spiro atoms. The molecule has 1 heterocycles. The molecule has 1 saturated carbocycles. The highest BCUT2D eigenvalue weighted by molar-refractivity contribution is 7.99. The van der Waals surface area contributed by atoms with Gasteiger partial charge in [0.2, 0.25) is 0 Å². The summed E-state index contributed by atoms with van der Waals surface area (Å²) < 4.78 is 1.92. The third-order valence-corrected chi connectivity index (χ3v) is 5.22. The van der Waals surface area contributed by atoms with Gasteiger partial charge in [-0.3, -0.25) is 16.0 Å². The van der Waals surface area contributed by atoms with Crippen molar-refractivity contribution in [3.63, 3.8) is 0 Å². The zero-order chi connectivity index (χ0) is 13.0. The van der Waals surface area contributed by atoms with E-state index in [9.17, 15) is 0 Å². The van der Waals surface area contributed by atoms with Gasteiger partial charge >= 0.3 is 0 Å². The van der Waals surface area contributed by atoms with Crippen molar-refractivity contribution in [3.8, 4) is 0 Å². The zero-order valence-corrected chi connectivity index (χ0v) is 12.3. The SMILES string of the molecule is CCn1ncc(Cl)c1C(CSC1CCCC1)NN. The summed E-state index contributed by atoms with van der Waals surface area (Å²) >= 11 is 8.21. The third kappa shape index (κ3) is 3.20. The van der Waals surface area contributed by atoms with E-state index in [4.69, 9.17) is 17.4 Å². The number of aryl methyl sites for hydroxylation is 1. The molecule has 2 rings (SSSR count). The van der Waals surface area contributed by atoms with Gasteiger partial charge in [0.25, 0.3) is 0 Å². The molecule has 0 saturated heterocycles. The van der Waals surface area contributed by atoms with E-state index < -0.39 is 0 Å². The van der Waals surface area contributed by atoms with Crippen LogP contribution in [0.5, 0.6) is 0 Å². The summed E-state index contributed by atoms with van der Waals surface area (Å²) in [5, 5.41) is 5.75. The molecule has 1 aromatic rings. The van der Waals surface area contributed by atoms with E-state index in [0.29, 0.717) is 5.02 Å². The van der Waals surface area contributed by atoms with Crippen LogP contribution in [0.25, 0.3) is 0 Å². The molecule has 0 bridgehead atoms. The van der Waals surface area contributed by atoms with Gasteiger partial charge < -0.3 is 0 Å². The van der Waals surface area contributed by atoms with Gasteiger partial charge in [-0.2, -0.15) is 16.9 Å². The summed E-state index contributed by atoms with van der Waals surface area (Å²) in [5.74, 6) is 6.63. The van der Waals surface area contributed by atoms with Crippen molar-refractivity contribution in [2.45, 2.75) is 50.4 Å². The lowest BCUT2D eigenvalue weighted by molar-refractivity contribution is 0.527. The van der Waals surface area contributed by atoms with Gasteiger partial charge in [0, 0.05) is 17.5 Å². The van der Waals surface area contributed by atoms with Crippen LogP contribution in [0.15, 0.2) is 6.20 Å². The molecule has 1 fully saturated rings. The van der Waals surface area contributed by atoms with Crippen LogP contribution in [-0.4, -0.2) is 20.8 Å². The molecular weight excluding hydrogens is 268 g/mol. The van der Waals surface area contributed by atoms with Gasteiger partial charge in [0.15, 0.2) is 0 Å². The molecule has 3 N–H and O–H groups in total. The number of hydrogen-bond acceptors (Lipinski definition) is 4. The third-order valence-electron chi connectivity index (χ3n) is 3.46. The summed E-state index contributed by atoms with van der Waals surface area (Å²) in [6, 6.07) is 0.0746. The van der Waals surface area contributed by atoms with E-state index >= 15 is 0 Å². The molecule has 4 nitrogen and oxygen atoms in total. The molecule has 0 amide bonds. The Labute approximate surface area is 118 Å². The molecule has 1 aliphatic rings. The second-order valence-electron chi connectivity index (χ2n) is 4.65. The van der Waals surface area contributed by atoms with Gasteiger partial charge in [0.05, 0.1) is 23.0 Å². The molecule has 1 atom stereocenters. The predicted molar refractivity (Wildman–Crippen MR) is 77.7 cm³/mol. The van der Waals surface area contributed by atoms with E-state index in [1.54, 1.807) is 6.20 Å². The molecule has 0 radical (unpaired) electrons. The van der Waals surface area contributed by atoms with Crippen molar-refractivity contribution in [1.29, 1.82) is 0 Å². The molecule has 6 heteroatoms. The predicted octanol–water partition coefficient (Wildman–Crippen LogP) is 2.74. The molecular formula is C12H21ClN4S. The van der Waals surface area contributed by atoms with Crippen molar-refractivity contribution in [2.75, 3.05) is 5.75 Å². The Bertz CT molecular complexity index is 376. The second kappa shape index (κ2) is 6.80. The number of nitrogens with two attached hydrogens (primary N) is 1. The number of hydrazine groups is 1. The van der Waals surface area contributed by atoms with Crippen LogP contribution in [0.4, 0.5) is 0 Å². The maximum atomic E-state index is 6.20. The Morgan fingerprint density at radius 2 is 2.33 bits per heavy atom. The van der Waals surface area contributed by atoms with Crippen molar-refractivity contribution in [3.05, 3.63) is 16.9 Å². The highest BCUT2D eigenvalue weighted by Gasteiger charge is 2.22. The summed E-state index contributed by atoms with van der Waals surface area (Å²) in [5.41, 5.74) is 3.88. The Hall–Kier alpha value is -0.230. The van der Waals surface area contributed by atoms with Crippen molar-refractivity contribution in [2.24, 2.45) is 5.84 Å². The Kier molecular flexibility index (Phi) is 5.36. The second-order valence-corrected chi connectivity index (χ2v) is 6.39. The number of hydrogen-bond donors (Lipinski definition) is 2. The summed E-state index contributed by atoms with van der Waals surface area (Å²) in [6.45, 7) is 2.87. The minimum atomic E-state index is 0.0746. The standard InChI is InChI=1S/C12H21ClN4S/c1-2-17-12(10(13)7-15-17)11(16-14)8-18-9-5-3-4-6-9/h7,9,11,16H,2-6,8,14H2,1H3. The number of aromatic nitrogens is 2. The van der Waals surface area contributed by atoms with Crippen molar-refractivity contribution >= 4 is 23.4 Å². The monoisotopic (exact) mass is 288 g/mol. The maximum Gasteiger partial charge on any atom is 0.0834 e. The number of halogens is 1. The van der Waals surface area contributed by atoms with Gasteiger partial charge in [-0.25, -0.2) is 0 Å². The molecule has 0 aromatic carbocycles. The number of nitrogens with one attached hydrogen (secondary N) is 1. The van der Waals surface area contributed by atoms with Crippen LogP contribution >= 0.6 is 23.4 Å². The first-order valence-corrected chi connectivity index (χ1v) is 7.97. The minimum Gasteiger partial charge on any atom is -0.271 e. The fourth-order valence-electron chi connectivity index (χ4n) is 2.46. The van der Waals surface area contributed by atoms with Gasteiger partial charge in [-0.05, 0) is 19.8 Å². The smallest absolute Gasteiger partial charge is 0.0834 e. The topological polar surface area (TPSA) is 55.9 Å². The Balaban J connectivity index is 2.00. The Morgan fingerprint density at radius 1 is 1.61 bits per heavy atom. The minimum absolute atomic E-state index is 0.0746. The van der Waals surface area contributed by atoms with E-state index in [1.165, 1.54) is 25.7 Å². The fraction of sp³-hybridized carbons (Fsp3) is 0.750. The summed E-state index contributed by atoms with van der Waals surface area (Å²) in [6.07, 6.45) is 7.11. The Morgan fingerprint density at radius 3 is 2.94 bits per heavy atom. The first kappa shape index (κ1) is 14.2. The lowest BCUT2D eigenvalue weighted by Crippen LogP contribution is -2.32. The molecule has 1 aliphatic carbocycles. The number of thioether (sulfide) groups is 1. The zero-order valence-electron chi connectivity index (χ0n) is 10.7. The lowest BCUT2D eigenvalue weighted by atomic mass is 10.2. The van der Waals surface area contributed by atoms with Gasteiger partial charge in [0.1, 0.15) is 0 Å². The molecule has 1 aromatic heterocycles. The first-order valence-electron chi connectivity index (χ1n) is 6.55. The molecule has 1 unspecified atom stereocenters. The first-order chi connectivity index (χ1) is 8.76. The normalized spacial score (nSPS) is 18.4. The largest absolute Gasteiger partial charge is 0.271 e. The van der Waals surface area contributed by atoms with Crippen LogP contribution in [0.3, 0.4) is 0 Å². The average molecular weight is 289 g/mol. The van der Waals surface area contributed by atoms with Crippen LogP contribution in [-0.2, 0) is 6.54 Å². The molecule has 102 valence electrons. The van der Waals surface area contributed by atoms with E-state index in [-0.39, 0.29) is 6.04 Å². The van der Waals surface area contributed by atoms with E-state index in [1.807, 2.05) is 16.4 Å². The number of rotatable bonds is 6. The maximum absolute atomic E-state index is 6.20. The summed E-state index contributed by atoms with van der Waals surface area (Å²) in [4.78, 5) is 0. The van der Waals surface area contributed by atoms with Crippen LogP contribution in [0, 0.1) is 0 Å². The van der Waals surface area contributed by atoms with Gasteiger partial charge in [-0.1, -0.05) is 24.4 Å². The van der Waals surface area contributed by atoms with Gasteiger partial charge in [-0.15, -0.1) is 0 Å². The highest BCUT2D eigenvalue weighted by Crippen LogP contribution is 2.33. The fourth-order valence-corrected chi connectivity index (χ4v) is 4.12. The van der Waals surface area contributed by atoms with Crippen LogP contribution in [0.1, 0.15) is 44.3 Å².